The lowest BCUT2D eigenvalue weighted by molar-refractivity contribution is 0.0732. The number of hydrogen-bond acceptors (Lipinski definition) is 7. The molecule has 0 saturated carbocycles. The number of aliphatic hydroxyl groups excluding tert-OH is 1. The summed E-state index contributed by atoms with van der Waals surface area (Å²) < 4.78 is 34.1. The van der Waals surface area contributed by atoms with Gasteiger partial charge < -0.3 is 25.4 Å². The summed E-state index contributed by atoms with van der Waals surface area (Å²) in [7, 11) is 0. The molecule has 8 nitrogen and oxygen atoms in total. The summed E-state index contributed by atoms with van der Waals surface area (Å²) in [6.45, 7) is 3.76. The van der Waals surface area contributed by atoms with E-state index in [0.717, 1.165) is 61.0 Å². The Labute approximate surface area is 259 Å². The first-order valence-corrected chi connectivity index (χ1v) is 16.3. The van der Waals surface area contributed by atoms with E-state index in [2.05, 4.69) is 15.6 Å². The van der Waals surface area contributed by atoms with E-state index >= 15 is 0 Å². The number of aryl methyl sites for hydroxylation is 1. The van der Waals surface area contributed by atoms with Crippen LogP contribution < -0.4 is 15.4 Å². The number of hydrogen-bond donors (Lipinski definition) is 3. The summed E-state index contributed by atoms with van der Waals surface area (Å²) >= 11 is 1.56. The first-order chi connectivity index (χ1) is 21.3. The Kier molecular flexibility index (Phi) is 9.25. The van der Waals surface area contributed by atoms with Gasteiger partial charge in [0.25, 0.3) is 11.8 Å². The number of halogens is 2. The Morgan fingerprint density at radius 2 is 1.95 bits per heavy atom. The molecule has 0 bridgehead atoms. The molecule has 4 heterocycles. The zero-order valence-corrected chi connectivity index (χ0v) is 25.6. The van der Waals surface area contributed by atoms with Gasteiger partial charge in [0.2, 0.25) is 0 Å². The fraction of sp³-hybridized carbons (Fsp3) is 0.485. The number of nitrogens with zero attached hydrogens (tertiary/aromatic N) is 2. The zero-order chi connectivity index (χ0) is 30.8. The first-order valence-electron chi connectivity index (χ1n) is 15.5. The molecule has 2 fully saturated rings. The number of thiazole rings is 1. The van der Waals surface area contributed by atoms with Crippen molar-refractivity contribution in [2.24, 2.45) is 0 Å². The third kappa shape index (κ3) is 6.64. The van der Waals surface area contributed by atoms with Crippen molar-refractivity contribution in [1.82, 2.24) is 20.5 Å². The Balaban J connectivity index is 1.31. The molecule has 0 spiro atoms. The van der Waals surface area contributed by atoms with Crippen molar-refractivity contribution in [2.45, 2.75) is 82.5 Å². The SMILES string of the molecule is Cc1csc([C@H]2CCCN2C(=O)c2cc(C(=O)N[C@@H](Cc3cc(F)cc(F)c3)[C@H](O)[C@H]3CCCN3)cc3c2CCCCO3)n1. The zero-order valence-electron chi connectivity index (χ0n) is 24.8. The van der Waals surface area contributed by atoms with Crippen LogP contribution in [-0.2, 0) is 12.8 Å². The van der Waals surface area contributed by atoms with E-state index in [1.54, 1.807) is 23.5 Å². The highest BCUT2D eigenvalue weighted by Crippen LogP contribution is 2.37. The van der Waals surface area contributed by atoms with E-state index in [9.17, 15) is 23.5 Å². The summed E-state index contributed by atoms with van der Waals surface area (Å²) in [6, 6.07) is 5.28. The molecule has 0 radical (unpaired) electrons. The molecule has 2 amide bonds. The lowest BCUT2D eigenvalue weighted by Gasteiger charge is -2.29. The number of aliphatic hydroxyl groups is 1. The molecule has 2 saturated heterocycles. The van der Waals surface area contributed by atoms with Gasteiger partial charge in [-0.15, -0.1) is 11.3 Å². The highest BCUT2D eigenvalue weighted by Gasteiger charge is 2.36. The van der Waals surface area contributed by atoms with E-state index < -0.39 is 29.7 Å². The highest BCUT2D eigenvalue weighted by molar-refractivity contribution is 7.09. The van der Waals surface area contributed by atoms with E-state index in [-0.39, 0.29) is 30.0 Å². The van der Waals surface area contributed by atoms with Gasteiger partial charge in [-0.3, -0.25) is 9.59 Å². The Hall–Kier alpha value is -3.41. The number of carbonyl (C=O) groups excluding carboxylic acids is 2. The van der Waals surface area contributed by atoms with Gasteiger partial charge in [-0.05, 0) is 94.7 Å². The van der Waals surface area contributed by atoms with Crippen LogP contribution in [0.1, 0.15) is 87.1 Å². The Bertz CT molecular complexity index is 1510. The molecule has 0 aliphatic carbocycles. The van der Waals surface area contributed by atoms with Crippen LogP contribution in [0.15, 0.2) is 35.7 Å². The van der Waals surface area contributed by atoms with Crippen LogP contribution in [0.2, 0.25) is 0 Å². The minimum absolute atomic E-state index is 0.0235. The third-order valence-corrected chi connectivity index (χ3v) is 9.90. The molecule has 3 aliphatic heterocycles. The second kappa shape index (κ2) is 13.3. The van der Waals surface area contributed by atoms with E-state index in [0.29, 0.717) is 42.9 Å². The Morgan fingerprint density at radius 3 is 2.68 bits per heavy atom. The van der Waals surface area contributed by atoms with Gasteiger partial charge in [0, 0.05) is 46.4 Å². The van der Waals surface area contributed by atoms with Gasteiger partial charge >= 0.3 is 0 Å². The largest absolute Gasteiger partial charge is 0.493 e. The summed E-state index contributed by atoms with van der Waals surface area (Å²) in [5.74, 6) is -1.59. The molecule has 0 unspecified atom stereocenters. The van der Waals surface area contributed by atoms with Gasteiger partial charge in [0.1, 0.15) is 22.4 Å². The number of ether oxygens (including phenoxy) is 1. The number of amides is 2. The predicted octanol–water partition coefficient (Wildman–Crippen LogP) is 4.88. The molecule has 3 N–H and O–H groups in total. The number of aromatic nitrogens is 1. The lowest BCUT2D eigenvalue weighted by atomic mass is 9.94. The molecular weight excluding hydrogens is 586 g/mol. The second-order valence-electron chi connectivity index (χ2n) is 12.0. The Morgan fingerprint density at radius 1 is 1.14 bits per heavy atom. The summed E-state index contributed by atoms with van der Waals surface area (Å²) in [5.41, 5.74) is 2.72. The van der Waals surface area contributed by atoms with Gasteiger partial charge in [-0.1, -0.05) is 0 Å². The molecule has 11 heteroatoms. The lowest BCUT2D eigenvalue weighted by Crippen LogP contribution is -2.52. The van der Waals surface area contributed by atoms with Crippen LogP contribution in [0.4, 0.5) is 8.78 Å². The fourth-order valence-electron chi connectivity index (χ4n) is 6.66. The molecule has 2 aromatic carbocycles. The van der Waals surface area contributed by atoms with Crippen LogP contribution in [-0.4, -0.2) is 64.7 Å². The van der Waals surface area contributed by atoms with Gasteiger partial charge in [0.05, 0.1) is 24.8 Å². The van der Waals surface area contributed by atoms with Gasteiger partial charge in [-0.2, -0.15) is 0 Å². The van der Waals surface area contributed by atoms with Crippen molar-refractivity contribution in [3.05, 3.63) is 80.3 Å². The molecule has 4 atom stereocenters. The average molecular weight is 625 g/mol. The summed E-state index contributed by atoms with van der Waals surface area (Å²) in [4.78, 5) is 34.6. The monoisotopic (exact) mass is 624 g/mol. The average Bonchev–Trinajstić information content (AvgIpc) is 3.75. The normalized spacial score (nSPS) is 21.3. The molecule has 3 aliphatic rings. The maximum Gasteiger partial charge on any atom is 0.254 e. The number of rotatable bonds is 8. The minimum atomic E-state index is -1.00. The standard InChI is InChI=1S/C33H38F2N4O4S/c1-19-18-44-32(37-19)28-8-5-10-39(28)33(42)25-15-21(16-29-24(25)6-2-3-11-43-29)31(41)38-27(30(40)26-7-4-9-36-26)14-20-12-22(34)17-23(35)13-20/h12-13,15-18,26-28,30,36,40H,2-11,14H2,1H3,(H,38,41)/t26-,27+,28-,30-/m1/s1. The molecule has 44 heavy (non-hydrogen) atoms. The van der Waals surface area contributed by atoms with Crippen LogP contribution in [0.25, 0.3) is 0 Å². The molecule has 6 rings (SSSR count). The quantitative estimate of drug-likeness (QED) is 0.330. The number of nitrogens with one attached hydrogen (secondary N) is 2. The first kappa shape index (κ1) is 30.6. The molecular formula is C33H38F2N4O4S. The van der Waals surface area contributed by atoms with E-state index in [1.165, 1.54) is 12.1 Å². The highest BCUT2D eigenvalue weighted by atomic mass is 32.1. The molecule has 234 valence electrons. The number of benzene rings is 2. The van der Waals surface area contributed by atoms with Gasteiger partial charge in [-0.25, -0.2) is 13.8 Å². The van der Waals surface area contributed by atoms with Crippen LogP contribution in [0.3, 0.4) is 0 Å². The minimum Gasteiger partial charge on any atom is -0.493 e. The predicted molar refractivity (Wildman–Crippen MR) is 163 cm³/mol. The molecule has 1 aromatic heterocycles. The van der Waals surface area contributed by atoms with Gasteiger partial charge in [0.15, 0.2) is 0 Å². The second-order valence-corrected chi connectivity index (χ2v) is 12.9. The number of likely N-dealkylation sites (tertiary alicyclic amines) is 1. The van der Waals surface area contributed by atoms with Crippen molar-refractivity contribution < 1.29 is 28.2 Å². The summed E-state index contributed by atoms with van der Waals surface area (Å²) in [6.07, 6.45) is 4.66. The maximum absolute atomic E-state index is 14.2. The van der Waals surface area contributed by atoms with Crippen LogP contribution >= 0.6 is 11.3 Å². The smallest absolute Gasteiger partial charge is 0.254 e. The van der Waals surface area contributed by atoms with Crippen LogP contribution in [0, 0.1) is 18.6 Å². The van der Waals surface area contributed by atoms with Crippen molar-refractivity contribution >= 4 is 23.2 Å². The van der Waals surface area contributed by atoms with E-state index in [1.807, 2.05) is 17.2 Å². The van der Waals surface area contributed by atoms with Crippen molar-refractivity contribution in [2.75, 3.05) is 19.7 Å². The topological polar surface area (TPSA) is 104 Å². The summed E-state index contributed by atoms with van der Waals surface area (Å²) in [5, 5.41) is 20.4. The fourth-order valence-corrected chi connectivity index (χ4v) is 7.60. The van der Waals surface area contributed by atoms with Crippen molar-refractivity contribution in [3.8, 4) is 5.75 Å². The van der Waals surface area contributed by atoms with E-state index in [4.69, 9.17) is 4.74 Å². The van der Waals surface area contributed by atoms with Crippen molar-refractivity contribution in [1.29, 1.82) is 0 Å². The van der Waals surface area contributed by atoms with Crippen molar-refractivity contribution in [3.63, 3.8) is 0 Å². The van der Waals surface area contributed by atoms with Crippen LogP contribution in [0.5, 0.6) is 5.75 Å². The third-order valence-electron chi connectivity index (χ3n) is 8.83. The number of carbonyl (C=O) groups is 2. The maximum atomic E-state index is 14.2. The number of fused-ring (bicyclic) bond motifs is 1. The molecule has 3 aromatic rings.